The van der Waals surface area contributed by atoms with Gasteiger partial charge in [-0.2, -0.15) is 0 Å². The Bertz CT molecular complexity index is 309. The summed E-state index contributed by atoms with van der Waals surface area (Å²) in [4.78, 5) is 16.2. The van der Waals surface area contributed by atoms with Crippen LogP contribution in [0.15, 0.2) is 0 Å². The van der Waals surface area contributed by atoms with E-state index in [0.717, 1.165) is 19.4 Å². The molecule has 1 saturated heterocycles. The van der Waals surface area contributed by atoms with Crippen molar-refractivity contribution >= 4 is 6.09 Å². The SMILES string of the molecule is CN(C)C1CC2C1CCN2C(=O)OC(C)(C)C. The molecule has 1 saturated carbocycles. The van der Waals surface area contributed by atoms with Crippen molar-refractivity contribution in [3.63, 3.8) is 0 Å². The maximum absolute atomic E-state index is 12.0. The standard InChI is InChI=1S/C13H24N2O2/c1-13(2,3)17-12(16)15-7-6-9-10(14(4)5)8-11(9)15/h9-11H,6-8H2,1-5H3. The second-order valence-corrected chi connectivity index (χ2v) is 6.46. The Morgan fingerprint density at radius 2 is 2.00 bits per heavy atom. The van der Waals surface area contributed by atoms with E-state index in [-0.39, 0.29) is 11.7 Å². The number of fused-ring (bicyclic) bond motifs is 1. The van der Waals surface area contributed by atoms with Crippen molar-refractivity contribution in [2.24, 2.45) is 5.92 Å². The molecule has 2 rings (SSSR count). The zero-order valence-electron chi connectivity index (χ0n) is 11.6. The van der Waals surface area contributed by atoms with Gasteiger partial charge in [-0.05, 0) is 53.6 Å². The van der Waals surface area contributed by atoms with Gasteiger partial charge in [0.25, 0.3) is 0 Å². The number of hydrogen-bond acceptors (Lipinski definition) is 3. The van der Waals surface area contributed by atoms with E-state index >= 15 is 0 Å². The average molecular weight is 240 g/mol. The zero-order chi connectivity index (χ0) is 12.8. The van der Waals surface area contributed by atoms with Crippen LogP contribution in [0.2, 0.25) is 0 Å². The Morgan fingerprint density at radius 1 is 1.35 bits per heavy atom. The average Bonchev–Trinajstić information content (AvgIpc) is 2.39. The summed E-state index contributed by atoms with van der Waals surface area (Å²) in [7, 11) is 4.24. The molecule has 98 valence electrons. The third kappa shape index (κ3) is 2.41. The van der Waals surface area contributed by atoms with Crippen LogP contribution in [0.4, 0.5) is 4.79 Å². The molecular formula is C13H24N2O2. The first-order valence-corrected chi connectivity index (χ1v) is 6.45. The van der Waals surface area contributed by atoms with E-state index in [4.69, 9.17) is 4.74 Å². The topological polar surface area (TPSA) is 32.8 Å². The molecule has 0 aromatic heterocycles. The Labute approximate surface area is 104 Å². The van der Waals surface area contributed by atoms with Crippen molar-refractivity contribution in [1.82, 2.24) is 9.80 Å². The molecule has 1 aliphatic heterocycles. The Kier molecular flexibility index (Phi) is 3.10. The smallest absolute Gasteiger partial charge is 0.410 e. The molecule has 0 aromatic carbocycles. The van der Waals surface area contributed by atoms with Crippen LogP contribution >= 0.6 is 0 Å². The van der Waals surface area contributed by atoms with Gasteiger partial charge in [0, 0.05) is 18.6 Å². The van der Waals surface area contributed by atoms with Crippen LogP contribution in [-0.2, 0) is 4.74 Å². The monoisotopic (exact) mass is 240 g/mol. The fraction of sp³-hybridized carbons (Fsp3) is 0.923. The highest BCUT2D eigenvalue weighted by molar-refractivity contribution is 5.69. The molecule has 0 N–H and O–H groups in total. The first-order chi connectivity index (χ1) is 7.79. The second kappa shape index (κ2) is 4.16. The molecule has 4 heteroatoms. The first-order valence-electron chi connectivity index (χ1n) is 6.45. The van der Waals surface area contributed by atoms with E-state index < -0.39 is 0 Å². The van der Waals surface area contributed by atoms with Gasteiger partial charge >= 0.3 is 6.09 Å². The Balaban J connectivity index is 1.92. The van der Waals surface area contributed by atoms with Gasteiger partial charge in [0.1, 0.15) is 5.60 Å². The van der Waals surface area contributed by atoms with Gasteiger partial charge in [0.15, 0.2) is 0 Å². The highest BCUT2D eigenvalue weighted by Crippen LogP contribution is 2.43. The molecular weight excluding hydrogens is 216 g/mol. The van der Waals surface area contributed by atoms with Crippen molar-refractivity contribution < 1.29 is 9.53 Å². The van der Waals surface area contributed by atoms with Crippen molar-refractivity contribution in [2.75, 3.05) is 20.6 Å². The van der Waals surface area contributed by atoms with Gasteiger partial charge in [-0.15, -0.1) is 0 Å². The lowest BCUT2D eigenvalue weighted by Crippen LogP contribution is -2.56. The van der Waals surface area contributed by atoms with Crippen LogP contribution in [-0.4, -0.2) is 54.2 Å². The molecule has 3 atom stereocenters. The first kappa shape index (κ1) is 12.7. The minimum atomic E-state index is -0.389. The Morgan fingerprint density at radius 3 is 2.53 bits per heavy atom. The van der Waals surface area contributed by atoms with Crippen LogP contribution < -0.4 is 0 Å². The second-order valence-electron chi connectivity index (χ2n) is 6.46. The summed E-state index contributed by atoms with van der Waals surface area (Å²) < 4.78 is 5.44. The molecule has 2 fully saturated rings. The van der Waals surface area contributed by atoms with E-state index in [0.29, 0.717) is 18.0 Å². The van der Waals surface area contributed by atoms with E-state index in [9.17, 15) is 4.79 Å². The highest BCUT2D eigenvalue weighted by atomic mass is 16.6. The summed E-state index contributed by atoms with van der Waals surface area (Å²) in [6, 6.07) is 1.06. The largest absolute Gasteiger partial charge is 0.444 e. The van der Waals surface area contributed by atoms with Crippen LogP contribution in [0.25, 0.3) is 0 Å². The summed E-state index contributed by atoms with van der Waals surface area (Å²) in [6.07, 6.45) is 2.08. The third-order valence-electron chi connectivity index (χ3n) is 3.87. The molecule has 0 aromatic rings. The summed E-state index contributed by atoms with van der Waals surface area (Å²) >= 11 is 0. The van der Waals surface area contributed by atoms with E-state index in [1.165, 1.54) is 0 Å². The lowest BCUT2D eigenvalue weighted by Gasteiger charge is -2.46. The predicted octanol–water partition coefficient (Wildman–Crippen LogP) is 1.95. The third-order valence-corrected chi connectivity index (χ3v) is 3.87. The maximum atomic E-state index is 12.0. The lowest BCUT2D eigenvalue weighted by molar-refractivity contribution is -0.00384. The van der Waals surface area contributed by atoms with Crippen molar-refractivity contribution in [1.29, 1.82) is 0 Å². The lowest BCUT2D eigenvalue weighted by atomic mass is 9.74. The number of rotatable bonds is 1. The van der Waals surface area contributed by atoms with Crippen LogP contribution in [0, 0.1) is 5.92 Å². The van der Waals surface area contributed by atoms with E-state index in [2.05, 4.69) is 19.0 Å². The van der Waals surface area contributed by atoms with E-state index in [1.54, 1.807) is 0 Å². The fourth-order valence-electron chi connectivity index (χ4n) is 3.00. The number of likely N-dealkylation sites (tertiary alicyclic amines) is 1. The van der Waals surface area contributed by atoms with Gasteiger partial charge in [0.05, 0.1) is 0 Å². The quantitative estimate of drug-likeness (QED) is 0.702. The number of hydrogen-bond donors (Lipinski definition) is 0. The number of nitrogens with zero attached hydrogens (tertiary/aromatic N) is 2. The minimum absolute atomic E-state index is 0.137. The predicted molar refractivity (Wildman–Crippen MR) is 66.9 cm³/mol. The molecule has 17 heavy (non-hydrogen) atoms. The summed E-state index contributed by atoms with van der Waals surface area (Å²) in [5.74, 6) is 0.650. The number of ether oxygens (including phenoxy) is 1. The van der Waals surface area contributed by atoms with Crippen LogP contribution in [0.1, 0.15) is 33.6 Å². The molecule has 1 amide bonds. The number of amides is 1. The molecule has 0 radical (unpaired) electrons. The van der Waals surface area contributed by atoms with Crippen molar-refractivity contribution in [3.05, 3.63) is 0 Å². The van der Waals surface area contributed by atoms with Gasteiger partial charge in [0.2, 0.25) is 0 Å². The van der Waals surface area contributed by atoms with Gasteiger partial charge in [-0.3, -0.25) is 0 Å². The molecule has 4 nitrogen and oxygen atoms in total. The van der Waals surface area contributed by atoms with Gasteiger partial charge in [-0.1, -0.05) is 0 Å². The Hall–Kier alpha value is -0.770. The summed E-state index contributed by atoms with van der Waals surface area (Å²) in [6.45, 7) is 6.61. The number of carbonyl (C=O) groups is 1. The molecule has 0 bridgehead atoms. The van der Waals surface area contributed by atoms with Gasteiger partial charge in [-0.25, -0.2) is 4.79 Å². The van der Waals surface area contributed by atoms with Crippen LogP contribution in [0.3, 0.4) is 0 Å². The normalized spacial score (nSPS) is 32.4. The zero-order valence-corrected chi connectivity index (χ0v) is 11.6. The van der Waals surface area contributed by atoms with Crippen molar-refractivity contribution in [2.45, 2.75) is 51.3 Å². The molecule has 2 aliphatic rings. The molecule has 0 spiro atoms. The van der Waals surface area contributed by atoms with E-state index in [1.807, 2.05) is 25.7 Å². The summed E-state index contributed by atoms with van der Waals surface area (Å²) in [5, 5.41) is 0. The molecule has 1 aliphatic carbocycles. The maximum Gasteiger partial charge on any atom is 0.410 e. The molecule has 3 unspecified atom stereocenters. The van der Waals surface area contributed by atoms with Crippen LogP contribution in [0.5, 0.6) is 0 Å². The summed E-state index contributed by atoms with van der Waals surface area (Å²) in [5.41, 5.74) is -0.389. The highest BCUT2D eigenvalue weighted by Gasteiger charge is 2.51. The number of carbonyl (C=O) groups excluding carboxylic acids is 1. The minimum Gasteiger partial charge on any atom is -0.444 e. The van der Waals surface area contributed by atoms with Crippen molar-refractivity contribution in [3.8, 4) is 0 Å². The fourth-order valence-corrected chi connectivity index (χ4v) is 3.00. The molecule has 1 heterocycles. The van der Waals surface area contributed by atoms with Gasteiger partial charge < -0.3 is 14.5 Å².